The number of aromatic nitrogens is 2. The van der Waals surface area contributed by atoms with Crippen molar-refractivity contribution < 1.29 is 19.4 Å². The fourth-order valence-electron chi connectivity index (χ4n) is 3.67. The van der Waals surface area contributed by atoms with Crippen molar-refractivity contribution in [3.05, 3.63) is 34.2 Å². The van der Waals surface area contributed by atoms with E-state index in [0.717, 1.165) is 0 Å². The van der Waals surface area contributed by atoms with Gasteiger partial charge in [0.05, 0.1) is 17.1 Å². The van der Waals surface area contributed by atoms with Gasteiger partial charge in [0, 0.05) is 31.1 Å². The number of rotatable bonds is 5. The van der Waals surface area contributed by atoms with E-state index in [-0.39, 0.29) is 18.2 Å². The van der Waals surface area contributed by atoms with Crippen LogP contribution in [-0.2, 0) is 16.6 Å². The van der Waals surface area contributed by atoms with E-state index in [1.54, 1.807) is 39.1 Å². The Morgan fingerprint density at radius 2 is 2.12 bits per heavy atom. The average Bonchev–Trinajstić information content (AvgIpc) is 2.87. The molecule has 26 heavy (non-hydrogen) atoms. The predicted octanol–water partition coefficient (Wildman–Crippen LogP) is 1.25. The van der Waals surface area contributed by atoms with E-state index in [1.165, 1.54) is 4.57 Å². The molecule has 1 aliphatic carbocycles. The number of fused-ring (bicyclic) bond motifs is 1. The number of hydrogen-bond acceptors (Lipinski definition) is 4. The number of carbonyl (C=O) groups excluding carboxylic acids is 1. The minimum Gasteiger partial charge on any atom is -0.479 e. The molecule has 8 heteroatoms. The van der Waals surface area contributed by atoms with Gasteiger partial charge in [-0.3, -0.25) is 9.36 Å². The Morgan fingerprint density at radius 1 is 1.42 bits per heavy atom. The first kappa shape index (κ1) is 18.2. The van der Waals surface area contributed by atoms with Crippen LogP contribution in [0.3, 0.4) is 0 Å². The molecule has 2 aromatic rings. The minimum absolute atomic E-state index is 0.208. The molecule has 1 fully saturated rings. The van der Waals surface area contributed by atoms with Gasteiger partial charge in [0.2, 0.25) is 0 Å². The number of carbonyl (C=O) groups is 2. The molecule has 2 unspecified atom stereocenters. The van der Waals surface area contributed by atoms with Gasteiger partial charge in [0.25, 0.3) is 5.91 Å². The summed E-state index contributed by atoms with van der Waals surface area (Å²) in [6.07, 6.45) is -0.0309. The van der Waals surface area contributed by atoms with Crippen LogP contribution < -0.4 is 11.0 Å². The number of carboxylic acid groups (broad SMARTS) is 1. The maximum atomic E-state index is 12.8. The Balaban J connectivity index is 1.92. The number of nitrogens with one attached hydrogen (secondary N) is 2. The molecule has 0 radical (unpaired) electrons. The molecular weight excluding hydrogens is 338 g/mol. The number of hydrogen-bond donors (Lipinski definition) is 3. The summed E-state index contributed by atoms with van der Waals surface area (Å²) in [4.78, 5) is 39.1. The van der Waals surface area contributed by atoms with Crippen molar-refractivity contribution >= 4 is 22.9 Å². The zero-order valence-corrected chi connectivity index (χ0v) is 15.3. The lowest BCUT2D eigenvalue weighted by Crippen LogP contribution is -2.76. The molecule has 1 aromatic heterocycles. The number of amides is 1. The molecule has 8 nitrogen and oxygen atoms in total. The highest BCUT2D eigenvalue weighted by atomic mass is 16.5. The smallest absolute Gasteiger partial charge is 0.330 e. The zero-order chi connectivity index (χ0) is 19.3. The van der Waals surface area contributed by atoms with Crippen LogP contribution in [0.4, 0.5) is 0 Å². The number of aromatic amines is 1. The summed E-state index contributed by atoms with van der Waals surface area (Å²) in [5.41, 5.74) is -0.949. The molecule has 1 amide bonds. The van der Waals surface area contributed by atoms with Gasteiger partial charge in [-0.15, -0.1) is 0 Å². The van der Waals surface area contributed by atoms with Crippen molar-refractivity contribution in [3.63, 3.8) is 0 Å². The Kier molecular flexibility index (Phi) is 4.18. The van der Waals surface area contributed by atoms with E-state index >= 15 is 0 Å². The highest BCUT2D eigenvalue weighted by molar-refractivity contribution is 6.00. The van der Waals surface area contributed by atoms with Crippen molar-refractivity contribution in [2.24, 2.45) is 12.5 Å². The molecule has 1 aromatic carbocycles. The first-order chi connectivity index (χ1) is 12.1. The third kappa shape index (κ3) is 2.44. The summed E-state index contributed by atoms with van der Waals surface area (Å²) in [6, 6.07) is 4.77. The van der Waals surface area contributed by atoms with Crippen LogP contribution in [0, 0.1) is 5.41 Å². The number of aryl methyl sites for hydroxylation is 1. The Hall–Kier alpha value is -2.61. The van der Waals surface area contributed by atoms with E-state index in [0.29, 0.717) is 23.2 Å². The predicted molar refractivity (Wildman–Crippen MR) is 95.2 cm³/mol. The largest absolute Gasteiger partial charge is 0.479 e. The number of nitrogens with zero attached hydrogens (tertiary/aromatic N) is 1. The number of imidazole rings is 1. The van der Waals surface area contributed by atoms with Crippen molar-refractivity contribution in [1.29, 1.82) is 0 Å². The van der Waals surface area contributed by atoms with Crippen molar-refractivity contribution in [3.8, 4) is 0 Å². The summed E-state index contributed by atoms with van der Waals surface area (Å²) >= 11 is 0. The molecule has 2 atom stereocenters. The average molecular weight is 361 g/mol. The number of carboxylic acids is 1. The SMILES string of the molecule is CCOC1CC(NC(=O)c2ccc3[nH]c(=O)n(C)c3c2)(C(=O)O)C1(C)C. The Morgan fingerprint density at radius 3 is 2.69 bits per heavy atom. The van der Waals surface area contributed by atoms with Gasteiger partial charge in [0.15, 0.2) is 0 Å². The quantitative estimate of drug-likeness (QED) is 0.742. The molecule has 0 saturated heterocycles. The second-order valence-electron chi connectivity index (χ2n) is 7.26. The van der Waals surface area contributed by atoms with Gasteiger partial charge in [0.1, 0.15) is 5.54 Å². The molecule has 140 valence electrons. The second kappa shape index (κ2) is 5.98. The van der Waals surface area contributed by atoms with Crippen LogP contribution in [0.1, 0.15) is 37.6 Å². The van der Waals surface area contributed by atoms with E-state index in [1.807, 2.05) is 6.92 Å². The molecular formula is C18H23N3O5. The summed E-state index contributed by atoms with van der Waals surface area (Å²) in [7, 11) is 1.60. The molecule has 0 aliphatic heterocycles. The Labute approximate surface area is 150 Å². The van der Waals surface area contributed by atoms with Crippen LogP contribution in [0.2, 0.25) is 0 Å². The van der Waals surface area contributed by atoms with Gasteiger partial charge in [-0.25, -0.2) is 9.59 Å². The molecule has 1 heterocycles. The zero-order valence-electron chi connectivity index (χ0n) is 15.3. The third-order valence-electron chi connectivity index (χ3n) is 5.62. The summed E-state index contributed by atoms with van der Waals surface area (Å²) in [5.74, 6) is -1.58. The van der Waals surface area contributed by atoms with E-state index in [9.17, 15) is 19.5 Å². The second-order valence-corrected chi connectivity index (χ2v) is 7.26. The first-order valence-corrected chi connectivity index (χ1v) is 8.50. The summed E-state index contributed by atoms with van der Waals surface area (Å²) in [6.45, 7) is 5.90. The molecule has 0 spiro atoms. The van der Waals surface area contributed by atoms with Crippen LogP contribution in [0.25, 0.3) is 11.0 Å². The lowest BCUT2D eigenvalue weighted by molar-refractivity contribution is -0.190. The first-order valence-electron chi connectivity index (χ1n) is 8.50. The van der Waals surface area contributed by atoms with Gasteiger partial charge < -0.3 is 20.1 Å². The Bertz CT molecular complexity index is 942. The van der Waals surface area contributed by atoms with Gasteiger partial charge in [-0.1, -0.05) is 13.8 Å². The van der Waals surface area contributed by atoms with Crippen LogP contribution in [0.15, 0.2) is 23.0 Å². The minimum atomic E-state index is -1.40. The fourth-order valence-corrected chi connectivity index (χ4v) is 3.67. The third-order valence-corrected chi connectivity index (χ3v) is 5.62. The van der Waals surface area contributed by atoms with Crippen molar-refractivity contribution in [1.82, 2.24) is 14.9 Å². The van der Waals surface area contributed by atoms with Crippen LogP contribution in [-0.4, -0.2) is 44.8 Å². The summed E-state index contributed by atoms with van der Waals surface area (Å²) < 4.78 is 7.01. The van der Waals surface area contributed by atoms with Crippen molar-refractivity contribution in [2.75, 3.05) is 6.61 Å². The van der Waals surface area contributed by atoms with E-state index < -0.39 is 22.8 Å². The number of H-pyrrole nitrogens is 1. The monoisotopic (exact) mass is 361 g/mol. The standard InChI is InChI=1S/C18H23N3O5/c1-5-26-13-9-18(15(23)24,17(13,2)3)20-14(22)10-6-7-11-12(8-10)21(4)16(25)19-11/h6-8,13H,5,9H2,1-4H3,(H,19,25)(H,20,22)(H,23,24). The molecule has 0 bridgehead atoms. The lowest BCUT2D eigenvalue weighted by Gasteiger charge is -2.58. The maximum absolute atomic E-state index is 12.8. The van der Waals surface area contributed by atoms with Crippen molar-refractivity contribution in [2.45, 2.75) is 38.8 Å². The van der Waals surface area contributed by atoms with Gasteiger partial charge >= 0.3 is 11.7 Å². The number of aliphatic carboxylic acids is 1. The van der Waals surface area contributed by atoms with Crippen LogP contribution >= 0.6 is 0 Å². The molecule has 1 saturated carbocycles. The van der Waals surface area contributed by atoms with E-state index in [2.05, 4.69) is 10.3 Å². The van der Waals surface area contributed by atoms with Gasteiger partial charge in [-0.2, -0.15) is 0 Å². The maximum Gasteiger partial charge on any atom is 0.330 e. The fraction of sp³-hybridized carbons (Fsp3) is 0.500. The van der Waals surface area contributed by atoms with Gasteiger partial charge in [-0.05, 0) is 25.1 Å². The highest BCUT2D eigenvalue weighted by Crippen LogP contribution is 2.51. The summed E-state index contributed by atoms with van der Waals surface area (Å²) in [5, 5.41) is 12.5. The number of ether oxygens (including phenoxy) is 1. The van der Waals surface area contributed by atoms with E-state index in [4.69, 9.17) is 4.74 Å². The molecule has 1 aliphatic rings. The highest BCUT2D eigenvalue weighted by Gasteiger charge is 2.66. The molecule has 3 rings (SSSR count). The molecule has 3 N–H and O–H groups in total. The van der Waals surface area contributed by atoms with Crippen LogP contribution in [0.5, 0.6) is 0 Å². The normalized spacial score (nSPS) is 24.2. The lowest BCUT2D eigenvalue weighted by atomic mass is 9.54. The number of benzene rings is 1. The topological polar surface area (TPSA) is 113 Å².